The van der Waals surface area contributed by atoms with E-state index in [1.165, 1.54) is 0 Å². The summed E-state index contributed by atoms with van der Waals surface area (Å²) < 4.78 is 5.47. The van der Waals surface area contributed by atoms with E-state index in [0.29, 0.717) is 17.4 Å². The van der Waals surface area contributed by atoms with E-state index in [1.54, 1.807) is 12.1 Å². The van der Waals surface area contributed by atoms with Crippen LogP contribution in [0.1, 0.15) is 25.3 Å². The van der Waals surface area contributed by atoms with Crippen molar-refractivity contribution in [2.24, 2.45) is 0 Å². The molecule has 0 spiro atoms. The van der Waals surface area contributed by atoms with Crippen molar-refractivity contribution in [2.75, 3.05) is 6.61 Å². The third-order valence-corrected chi connectivity index (χ3v) is 2.96. The molecule has 2 rings (SSSR count). The number of benzene rings is 1. The zero-order chi connectivity index (χ0) is 11.8. The maximum Gasteiger partial charge on any atom is 0.138 e. The fraction of sp³-hybridized carbons (Fsp3) is 0.385. The van der Waals surface area contributed by atoms with Crippen LogP contribution in [0.5, 0.6) is 5.75 Å². The molecule has 1 aliphatic carbocycles. The van der Waals surface area contributed by atoms with Crippen molar-refractivity contribution in [3.63, 3.8) is 0 Å². The zero-order valence-electron chi connectivity index (χ0n) is 9.29. The summed E-state index contributed by atoms with van der Waals surface area (Å²) >= 11 is 6.08. The Bertz CT molecular complexity index is 422. The number of hydrogen-bond acceptors (Lipinski definition) is 2. The molecule has 3 heteroatoms. The molecule has 16 heavy (non-hydrogen) atoms. The molecule has 1 aliphatic rings. The highest BCUT2D eigenvalue weighted by Gasteiger charge is 2.42. The smallest absolute Gasteiger partial charge is 0.138 e. The molecule has 1 saturated carbocycles. The van der Waals surface area contributed by atoms with Crippen LogP contribution in [-0.4, -0.2) is 11.7 Å². The van der Waals surface area contributed by atoms with Crippen LogP contribution in [0.4, 0.5) is 0 Å². The average molecular weight is 239 g/mol. The van der Waals surface area contributed by atoms with Gasteiger partial charge in [0.25, 0.3) is 0 Å². The standard InChI is InChI=1S/C13H15ClO2/c1-9(2)8-16-12-4-3-10(7-11(12)14)13(15)5-6-13/h3-4,7,15H,1,5-6,8H2,2H3. The Balaban J connectivity index is 2.13. The quantitative estimate of drug-likeness (QED) is 0.816. The first-order valence-corrected chi connectivity index (χ1v) is 5.69. The Hall–Kier alpha value is -0.990. The van der Waals surface area contributed by atoms with E-state index in [-0.39, 0.29) is 0 Å². The SMILES string of the molecule is C=C(C)COc1ccc(C2(O)CC2)cc1Cl. The summed E-state index contributed by atoms with van der Waals surface area (Å²) in [5.74, 6) is 0.637. The van der Waals surface area contributed by atoms with Gasteiger partial charge < -0.3 is 9.84 Å². The Kier molecular flexibility index (Phi) is 2.96. The second kappa shape index (κ2) is 4.11. The molecule has 2 nitrogen and oxygen atoms in total. The fourth-order valence-corrected chi connectivity index (χ4v) is 1.75. The van der Waals surface area contributed by atoms with Crippen molar-refractivity contribution < 1.29 is 9.84 Å². The minimum atomic E-state index is -0.642. The van der Waals surface area contributed by atoms with Crippen LogP contribution in [-0.2, 0) is 5.60 Å². The number of hydrogen-bond donors (Lipinski definition) is 1. The average Bonchev–Trinajstić information content (AvgIpc) is 2.96. The molecule has 0 saturated heterocycles. The van der Waals surface area contributed by atoms with Crippen molar-refractivity contribution in [2.45, 2.75) is 25.4 Å². The predicted octanol–water partition coefficient (Wildman–Crippen LogP) is 3.28. The summed E-state index contributed by atoms with van der Waals surface area (Å²) in [7, 11) is 0. The highest BCUT2D eigenvalue weighted by atomic mass is 35.5. The van der Waals surface area contributed by atoms with Gasteiger partial charge in [0.1, 0.15) is 12.4 Å². The van der Waals surface area contributed by atoms with Gasteiger partial charge in [-0.1, -0.05) is 24.2 Å². The van der Waals surface area contributed by atoms with Crippen LogP contribution < -0.4 is 4.74 Å². The van der Waals surface area contributed by atoms with Gasteiger partial charge in [-0.05, 0) is 43.0 Å². The van der Waals surface area contributed by atoms with Gasteiger partial charge in [0, 0.05) is 0 Å². The van der Waals surface area contributed by atoms with E-state index in [0.717, 1.165) is 24.0 Å². The van der Waals surface area contributed by atoms with Crippen molar-refractivity contribution >= 4 is 11.6 Å². The second-order valence-electron chi connectivity index (χ2n) is 4.42. The molecule has 0 unspecified atom stereocenters. The second-order valence-corrected chi connectivity index (χ2v) is 4.83. The maximum absolute atomic E-state index is 9.92. The van der Waals surface area contributed by atoms with E-state index in [9.17, 15) is 5.11 Å². The lowest BCUT2D eigenvalue weighted by Crippen LogP contribution is -2.04. The molecule has 1 aromatic rings. The van der Waals surface area contributed by atoms with Crippen LogP contribution in [0.15, 0.2) is 30.4 Å². The normalized spacial score (nSPS) is 16.9. The fourth-order valence-electron chi connectivity index (χ4n) is 1.52. The molecule has 0 radical (unpaired) electrons. The predicted molar refractivity (Wildman–Crippen MR) is 64.9 cm³/mol. The summed E-state index contributed by atoms with van der Waals surface area (Å²) in [6, 6.07) is 5.45. The lowest BCUT2D eigenvalue weighted by atomic mass is 10.1. The van der Waals surface area contributed by atoms with Crippen molar-refractivity contribution in [3.05, 3.63) is 40.9 Å². The molecule has 0 atom stereocenters. The van der Waals surface area contributed by atoms with Crippen molar-refractivity contribution in [1.82, 2.24) is 0 Å². The summed E-state index contributed by atoms with van der Waals surface area (Å²) in [4.78, 5) is 0. The Morgan fingerprint density at radius 3 is 2.75 bits per heavy atom. The molecule has 0 bridgehead atoms. The van der Waals surface area contributed by atoms with Crippen LogP contribution in [0.2, 0.25) is 5.02 Å². The molecule has 86 valence electrons. The van der Waals surface area contributed by atoms with Crippen LogP contribution in [0.25, 0.3) is 0 Å². The summed E-state index contributed by atoms with van der Waals surface area (Å²) in [6.07, 6.45) is 1.63. The van der Waals surface area contributed by atoms with Gasteiger partial charge in [-0.15, -0.1) is 0 Å². The summed E-state index contributed by atoms with van der Waals surface area (Å²) in [5, 5.41) is 10.5. The zero-order valence-corrected chi connectivity index (χ0v) is 10.0. The third kappa shape index (κ3) is 2.39. The van der Waals surface area contributed by atoms with Crippen LogP contribution in [0.3, 0.4) is 0 Å². The highest BCUT2D eigenvalue weighted by Crippen LogP contribution is 2.46. The van der Waals surface area contributed by atoms with Gasteiger partial charge in [-0.25, -0.2) is 0 Å². The van der Waals surface area contributed by atoms with E-state index >= 15 is 0 Å². The van der Waals surface area contributed by atoms with Gasteiger partial charge in [0.05, 0.1) is 10.6 Å². The van der Waals surface area contributed by atoms with E-state index in [4.69, 9.17) is 16.3 Å². The van der Waals surface area contributed by atoms with Gasteiger partial charge in [-0.3, -0.25) is 0 Å². The number of halogens is 1. The maximum atomic E-state index is 9.92. The topological polar surface area (TPSA) is 29.5 Å². The lowest BCUT2D eigenvalue weighted by Gasteiger charge is -2.12. The van der Waals surface area contributed by atoms with Gasteiger partial charge in [-0.2, -0.15) is 0 Å². The van der Waals surface area contributed by atoms with E-state index in [2.05, 4.69) is 6.58 Å². The lowest BCUT2D eigenvalue weighted by molar-refractivity contribution is 0.151. The number of rotatable bonds is 4. The molecule has 1 fully saturated rings. The van der Waals surface area contributed by atoms with Gasteiger partial charge in [0.15, 0.2) is 0 Å². The molecular formula is C13H15ClO2. The van der Waals surface area contributed by atoms with Gasteiger partial charge in [0.2, 0.25) is 0 Å². The first-order chi connectivity index (χ1) is 7.51. The number of aliphatic hydroxyl groups is 1. The van der Waals surface area contributed by atoms with Crippen LogP contribution in [0, 0.1) is 0 Å². The molecule has 0 aromatic heterocycles. The molecule has 0 heterocycles. The molecule has 0 amide bonds. The van der Waals surface area contributed by atoms with Crippen LogP contribution >= 0.6 is 11.6 Å². The first-order valence-electron chi connectivity index (χ1n) is 5.31. The largest absolute Gasteiger partial charge is 0.488 e. The monoisotopic (exact) mass is 238 g/mol. The minimum Gasteiger partial charge on any atom is -0.488 e. The summed E-state index contributed by atoms with van der Waals surface area (Å²) in [5.41, 5.74) is 1.18. The van der Waals surface area contributed by atoms with E-state index in [1.807, 2.05) is 13.0 Å². The van der Waals surface area contributed by atoms with E-state index < -0.39 is 5.60 Å². The Morgan fingerprint density at radius 1 is 1.56 bits per heavy atom. The minimum absolute atomic E-state index is 0.462. The first kappa shape index (κ1) is 11.5. The Labute approximate surface area is 101 Å². The Morgan fingerprint density at radius 2 is 2.25 bits per heavy atom. The number of ether oxygens (including phenoxy) is 1. The van der Waals surface area contributed by atoms with Crippen molar-refractivity contribution in [3.8, 4) is 5.75 Å². The summed E-state index contributed by atoms with van der Waals surface area (Å²) in [6.45, 7) is 6.12. The third-order valence-electron chi connectivity index (χ3n) is 2.67. The van der Waals surface area contributed by atoms with Gasteiger partial charge >= 0.3 is 0 Å². The molecule has 1 N–H and O–H groups in total. The van der Waals surface area contributed by atoms with Crippen molar-refractivity contribution in [1.29, 1.82) is 0 Å². The molecular weight excluding hydrogens is 224 g/mol. The molecule has 1 aromatic carbocycles. The highest BCUT2D eigenvalue weighted by molar-refractivity contribution is 6.32. The molecule has 0 aliphatic heterocycles.